The van der Waals surface area contributed by atoms with Crippen LogP contribution < -0.4 is 10.5 Å². The van der Waals surface area contributed by atoms with Gasteiger partial charge in [-0.3, -0.25) is 4.72 Å². The van der Waals surface area contributed by atoms with Crippen LogP contribution in [-0.4, -0.2) is 44.5 Å². The summed E-state index contributed by atoms with van der Waals surface area (Å²) in [6.45, 7) is 3.40. The molecular weight excluding hydrogens is 240 g/mol. The van der Waals surface area contributed by atoms with Gasteiger partial charge in [-0.05, 0) is 31.9 Å². The highest BCUT2D eigenvalue weighted by Gasteiger charge is 2.25. The number of aliphatic hydroxyl groups is 2. The molecular formula is C10H18N4O2S. The van der Waals surface area contributed by atoms with Gasteiger partial charge in [0.1, 0.15) is 0 Å². The first-order chi connectivity index (χ1) is 8.02. The van der Waals surface area contributed by atoms with E-state index in [1.807, 2.05) is 0 Å². The molecule has 0 aliphatic heterocycles. The minimum Gasteiger partial charge on any atom is -0.389 e. The molecule has 0 aliphatic carbocycles. The van der Waals surface area contributed by atoms with Gasteiger partial charge in [0.25, 0.3) is 0 Å². The second kappa shape index (κ2) is 6.87. The maximum Gasteiger partial charge on any atom is 0.202 e. The van der Waals surface area contributed by atoms with Crippen molar-refractivity contribution in [2.45, 2.75) is 43.3 Å². The molecule has 96 valence electrons. The summed E-state index contributed by atoms with van der Waals surface area (Å²) in [5.41, 5.74) is 5.51. The van der Waals surface area contributed by atoms with E-state index in [0.717, 1.165) is 0 Å². The van der Waals surface area contributed by atoms with Crippen molar-refractivity contribution in [2.75, 3.05) is 0 Å². The fourth-order valence-electron chi connectivity index (χ4n) is 1.16. The molecule has 0 bridgehead atoms. The van der Waals surface area contributed by atoms with E-state index < -0.39 is 18.2 Å². The summed E-state index contributed by atoms with van der Waals surface area (Å²) in [6, 6.07) is 0.916. The van der Waals surface area contributed by atoms with Gasteiger partial charge in [-0.1, -0.05) is 0 Å². The van der Waals surface area contributed by atoms with E-state index in [1.165, 1.54) is 11.9 Å². The first-order valence-electron chi connectivity index (χ1n) is 5.33. The zero-order chi connectivity index (χ0) is 12.8. The second-order valence-electron chi connectivity index (χ2n) is 3.88. The van der Waals surface area contributed by atoms with Crippen molar-refractivity contribution in [1.82, 2.24) is 14.7 Å². The van der Waals surface area contributed by atoms with Gasteiger partial charge in [-0.15, -0.1) is 0 Å². The van der Waals surface area contributed by atoms with Crippen LogP contribution in [0.25, 0.3) is 0 Å². The van der Waals surface area contributed by atoms with Crippen molar-refractivity contribution < 1.29 is 10.2 Å². The van der Waals surface area contributed by atoms with Crippen LogP contribution >= 0.6 is 11.9 Å². The molecule has 0 aliphatic rings. The molecule has 4 atom stereocenters. The molecule has 1 aromatic rings. The number of hydrogen-bond acceptors (Lipinski definition) is 7. The summed E-state index contributed by atoms with van der Waals surface area (Å²) in [5, 5.41) is 20.0. The van der Waals surface area contributed by atoms with Crippen LogP contribution in [0.3, 0.4) is 0 Å². The third-order valence-corrected chi connectivity index (χ3v) is 3.16. The Morgan fingerprint density at radius 2 is 1.82 bits per heavy atom. The Morgan fingerprint density at radius 3 is 2.35 bits per heavy atom. The first-order valence-corrected chi connectivity index (χ1v) is 6.15. The number of aromatic nitrogens is 2. The minimum atomic E-state index is -0.963. The predicted octanol–water partition coefficient (Wildman–Crippen LogP) is -0.469. The fourth-order valence-corrected chi connectivity index (χ4v) is 1.82. The van der Waals surface area contributed by atoms with E-state index >= 15 is 0 Å². The number of hydrogen-bond donors (Lipinski definition) is 4. The molecule has 6 nitrogen and oxygen atoms in total. The number of nitrogens with two attached hydrogens (primary N) is 1. The second-order valence-corrected chi connectivity index (χ2v) is 4.69. The van der Waals surface area contributed by atoms with Gasteiger partial charge in [0.15, 0.2) is 0 Å². The van der Waals surface area contributed by atoms with Crippen molar-refractivity contribution in [2.24, 2.45) is 5.73 Å². The Bertz CT molecular complexity index is 325. The monoisotopic (exact) mass is 258 g/mol. The van der Waals surface area contributed by atoms with E-state index in [-0.39, 0.29) is 6.04 Å². The van der Waals surface area contributed by atoms with E-state index in [1.54, 1.807) is 32.3 Å². The number of aliphatic hydroxyl groups excluding tert-OH is 2. The maximum atomic E-state index is 9.79. The van der Waals surface area contributed by atoms with Crippen LogP contribution in [0.15, 0.2) is 23.6 Å². The van der Waals surface area contributed by atoms with E-state index in [0.29, 0.717) is 5.16 Å². The molecule has 0 saturated carbocycles. The molecule has 1 aromatic heterocycles. The standard InChI is InChI=1S/C10H18N4O2S/c1-6(11)8(15)9(16)7(2)14-17-10-12-4-3-5-13-10/h3-9,14-16H,11H2,1-2H3. The predicted molar refractivity (Wildman–Crippen MR) is 66.1 cm³/mol. The average molecular weight is 258 g/mol. The Labute approximate surface area is 105 Å². The minimum absolute atomic E-state index is 0.329. The topological polar surface area (TPSA) is 104 Å². The molecule has 0 fully saturated rings. The van der Waals surface area contributed by atoms with Crippen molar-refractivity contribution in [1.29, 1.82) is 0 Å². The van der Waals surface area contributed by atoms with E-state index in [9.17, 15) is 10.2 Å². The number of rotatable bonds is 6. The van der Waals surface area contributed by atoms with Gasteiger partial charge < -0.3 is 15.9 Å². The van der Waals surface area contributed by atoms with E-state index in [4.69, 9.17) is 5.73 Å². The molecule has 0 radical (unpaired) electrons. The summed E-state index contributed by atoms with van der Waals surface area (Å²) in [5.74, 6) is 0. The first kappa shape index (κ1) is 14.3. The van der Waals surface area contributed by atoms with Crippen LogP contribution in [0, 0.1) is 0 Å². The largest absolute Gasteiger partial charge is 0.389 e. The van der Waals surface area contributed by atoms with Crippen LogP contribution in [0.5, 0.6) is 0 Å². The lowest BCUT2D eigenvalue weighted by Gasteiger charge is -2.26. The summed E-state index contributed by atoms with van der Waals surface area (Å²) in [6.07, 6.45) is 1.37. The Balaban J connectivity index is 2.41. The molecule has 0 saturated heterocycles. The van der Waals surface area contributed by atoms with Gasteiger partial charge in [-0.25, -0.2) is 9.97 Å². The highest BCUT2D eigenvalue weighted by molar-refractivity contribution is 7.97. The Kier molecular flexibility index (Phi) is 5.79. The smallest absolute Gasteiger partial charge is 0.202 e. The highest BCUT2D eigenvalue weighted by atomic mass is 32.2. The normalized spacial score (nSPS) is 18.4. The SMILES string of the molecule is CC(N)C(O)C(O)C(C)NSc1ncccn1. The summed E-state index contributed by atoms with van der Waals surface area (Å²) >= 11 is 1.20. The third kappa shape index (κ3) is 4.57. The lowest BCUT2D eigenvalue weighted by atomic mass is 10.0. The number of nitrogens with one attached hydrogen (secondary N) is 1. The molecule has 0 amide bonds. The van der Waals surface area contributed by atoms with Gasteiger partial charge in [0.2, 0.25) is 5.16 Å². The van der Waals surface area contributed by atoms with Crippen molar-refractivity contribution >= 4 is 11.9 Å². The molecule has 7 heteroatoms. The zero-order valence-electron chi connectivity index (χ0n) is 9.82. The van der Waals surface area contributed by atoms with Crippen LogP contribution in [0.2, 0.25) is 0 Å². The molecule has 5 N–H and O–H groups in total. The summed E-state index contributed by atoms with van der Waals surface area (Å²) < 4.78 is 2.96. The Morgan fingerprint density at radius 1 is 1.24 bits per heavy atom. The zero-order valence-corrected chi connectivity index (χ0v) is 10.6. The van der Waals surface area contributed by atoms with Gasteiger partial charge in [0, 0.05) is 24.5 Å². The maximum absolute atomic E-state index is 9.79. The molecule has 4 unspecified atom stereocenters. The van der Waals surface area contributed by atoms with Crippen LogP contribution in [0.1, 0.15) is 13.8 Å². The number of nitrogens with zero attached hydrogens (tertiary/aromatic N) is 2. The highest BCUT2D eigenvalue weighted by Crippen LogP contribution is 2.11. The lowest BCUT2D eigenvalue weighted by molar-refractivity contribution is -0.00603. The van der Waals surface area contributed by atoms with Crippen molar-refractivity contribution in [3.63, 3.8) is 0 Å². The molecule has 1 rings (SSSR count). The molecule has 0 spiro atoms. The summed E-state index contributed by atoms with van der Waals surface area (Å²) in [7, 11) is 0. The lowest BCUT2D eigenvalue weighted by Crippen LogP contribution is -2.49. The van der Waals surface area contributed by atoms with Crippen LogP contribution in [0.4, 0.5) is 0 Å². The van der Waals surface area contributed by atoms with Gasteiger partial charge in [-0.2, -0.15) is 0 Å². The van der Waals surface area contributed by atoms with Gasteiger partial charge in [0.05, 0.1) is 12.2 Å². The quantitative estimate of drug-likeness (QED) is 0.404. The molecule has 17 heavy (non-hydrogen) atoms. The van der Waals surface area contributed by atoms with Crippen molar-refractivity contribution in [3.05, 3.63) is 18.5 Å². The summed E-state index contributed by atoms with van der Waals surface area (Å²) in [4.78, 5) is 8.02. The molecule has 0 aromatic carbocycles. The van der Waals surface area contributed by atoms with Crippen LogP contribution in [-0.2, 0) is 0 Å². The third-order valence-electron chi connectivity index (χ3n) is 2.28. The van der Waals surface area contributed by atoms with E-state index in [2.05, 4.69) is 14.7 Å². The Hall–Kier alpha value is -0.730. The van der Waals surface area contributed by atoms with Gasteiger partial charge >= 0.3 is 0 Å². The molecule has 1 heterocycles. The van der Waals surface area contributed by atoms with Crippen molar-refractivity contribution in [3.8, 4) is 0 Å². The average Bonchev–Trinajstić information content (AvgIpc) is 2.35. The fraction of sp³-hybridized carbons (Fsp3) is 0.600.